The number of rotatable bonds is 4. The molecule has 1 saturated heterocycles. The Labute approximate surface area is 138 Å². The number of nitrogens with one attached hydrogen (secondary N) is 1. The lowest BCUT2D eigenvalue weighted by molar-refractivity contribution is 0.104. The van der Waals surface area contributed by atoms with Crippen LogP contribution in [-0.2, 0) is 6.54 Å². The average molecular weight is 321 g/mol. The van der Waals surface area contributed by atoms with E-state index in [0.29, 0.717) is 11.8 Å². The molecule has 0 bridgehead atoms. The Bertz CT molecular complexity index is 557. The molecule has 0 aromatic heterocycles. The number of ether oxygens (including phenoxy) is 3. The Hall–Kier alpha value is -1.50. The third kappa shape index (κ3) is 2.98. The van der Waals surface area contributed by atoms with Crippen LogP contribution in [0.4, 0.5) is 0 Å². The normalized spacial score (nSPS) is 22.5. The van der Waals surface area contributed by atoms with E-state index in [1.54, 1.807) is 21.3 Å². The van der Waals surface area contributed by atoms with Crippen LogP contribution >= 0.6 is 0 Å². The van der Waals surface area contributed by atoms with Gasteiger partial charge in [0.25, 0.3) is 0 Å². The van der Waals surface area contributed by atoms with Crippen molar-refractivity contribution in [2.24, 2.45) is 0 Å². The SMILES string of the molecule is COc1cc2c(c(OC)c1OC)[C@@H](N1CCN(C)CC1)CNC2. The molecule has 0 saturated carbocycles. The van der Waals surface area contributed by atoms with E-state index in [-0.39, 0.29) is 0 Å². The van der Waals surface area contributed by atoms with Gasteiger partial charge in [0.05, 0.1) is 27.4 Å². The van der Waals surface area contributed by atoms with Crippen molar-refractivity contribution in [3.63, 3.8) is 0 Å². The second-order valence-corrected chi connectivity index (χ2v) is 6.20. The largest absolute Gasteiger partial charge is 0.493 e. The number of piperazine rings is 1. The van der Waals surface area contributed by atoms with Crippen molar-refractivity contribution in [3.8, 4) is 17.2 Å². The Morgan fingerprint density at radius 2 is 1.70 bits per heavy atom. The summed E-state index contributed by atoms with van der Waals surface area (Å²) < 4.78 is 16.8. The highest BCUT2D eigenvalue weighted by Gasteiger charge is 2.33. The van der Waals surface area contributed by atoms with E-state index in [4.69, 9.17) is 14.2 Å². The molecule has 1 atom stereocenters. The Morgan fingerprint density at radius 1 is 1.00 bits per heavy atom. The third-order valence-corrected chi connectivity index (χ3v) is 4.92. The number of nitrogens with zero attached hydrogens (tertiary/aromatic N) is 2. The van der Waals surface area contributed by atoms with Crippen LogP contribution in [0.25, 0.3) is 0 Å². The van der Waals surface area contributed by atoms with Crippen LogP contribution in [0.2, 0.25) is 0 Å². The van der Waals surface area contributed by atoms with E-state index in [2.05, 4.69) is 28.2 Å². The van der Waals surface area contributed by atoms with Gasteiger partial charge in [0.2, 0.25) is 5.75 Å². The van der Waals surface area contributed by atoms with E-state index >= 15 is 0 Å². The van der Waals surface area contributed by atoms with Gasteiger partial charge < -0.3 is 24.4 Å². The molecule has 0 spiro atoms. The Kier molecular flexibility index (Phi) is 4.94. The average Bonchev–Trinajstić information content (AvgIpc) is 2.60. The highest BCUT2D eigenvalue weighted by molar-refractivity contribution is 5.60. The third-order valence-electron chi connectivity index (χ3n) is 4.92. The van der Waals surface area contributed by atoms with Gasteiger partial charge >= 0.3 is 0 Å². The molecule has 2 aliphatic heterocycles. The second kappa shape index (κ2) is 6.95. The van der Waals surface area contributed by atoms with Crippen LogP contribution in [0.15, 0.2) is 6.07 Å². The summed E-state index contributed by atoms with van der Waals surface area (Å²) in [7, 11) is 7.22. The van der Waals surface area contributed by atoms with Gasteiger partial charge in [0.15, 0.2) is 11.5 Å². The molecule has 1 N–H and O–H groups in total. The van der Waals surface area contributed by atoms with Crippen LogP contribution in [0.1, 0.15) is 17.2 Å². The number of likely N-dealkylation sites (N-methyl/N-ethyl adjacent to an activating group) is 1. The highest BCUT2D eigenvalue weighted by atomic mass is 16.5. The van der Waals surface area contributed by atoms with Crippen LogP contribution in [0.3, 0.4) is 0 Å². The molecule has 6 nitrogen and oxygen atoms in total. The smallest absolute Gasteiger partial charge is 0.203 e. The Balaban J connectivity index is 2.02. The van der Waals surface area contributed by atoms with E-state index in [1.165, 1.54) is 11.1 Å². The zero-order valence-electron chi connectivity index (χ0n) is 14.5. The standard InChI is InChI=1S/C17H27N3O3/c1-19-5-7-20(8-6-19)13-11-18-10-12-9-14(21-2)16(22-3)17(23-4)15(12)13/h9,13,18H,5-8,10-11H2,1-4H3/t13-/m0/s1. The fourth-order valence-electron chi connectivity index (χ4n) is 3.63. The molecule has 0 unspecified atom stereocenters. The van der Waals surface area contributed by atoms with Gasteiger partial charge in [0, 0.05) is 44.8 Å². The number of benzene rings is 1. The molecule has 1 aromatic rings. The number of hydrogen-bond donors (Lipinski definition) is 1. The fraction of sp³-hybridized carbons (Fsp3) is 0.647. The first-order valence-electron chi connectivity index (χ1n) is 8.14. The zero-order valence-corrected chi connectivity index (χ0v) is 14.5. The molecular weight excluding hydrogens is 294 g/mol. The van der Waals surface area contributed by atoms with Gasteiger partial charge in [-0.2, -0.15) is 0 Å². The van der Waals surface area contributed by atoms with Crippen molar-refractivity contribution in [1.82, 2.24) is 15.1 Å². The molecule has 128 valence electrons. The van der Waals surface area contributed by atoms with Crippen molar-refractivity contribution >= 4 is 0 Å². The van der Waals surface area contributed by atoms with Crippen molar-refractivity contribution in [2.45, 2.75) is 12.6 Å². The minimum atomic E-state index is 0.308. The molecule has 3 rings (SSSR count). The van der Waals surface area contributed by atoms with Crippen LogP contribution in [0, 0.1) is 0 Å². The predicted molar refractivity (Wildman–Crippen MR) is 89.6 cm³/mol. The number of fused-ring (bicyclic) bond motifs is 1. The van der Waals surface area contributed by atoms with E-state index in [9.17, 15) is 0 Å². The maximum Gasteiger partial charge on any atom is 0.203 e. The summed E-state index contributed by atoms with van der Waals surface area (Å²) in [5.41, 5.74) is 2.48. The van der Waals surface area contributed by atoms with Crippen molar-refractivity contribution in [2.75, 3.05) is 61.1 Å². The van der Waals surface area contributed by atoms with E-state index < -0.39 is 0 Å². The number of hydrogen-bond acceptors (Lipinski definition) is 6. The summed E-state index contributed by atoms with van der Waals surface area (Å²) in [6.07, 6.45) is 0. The maximum atomic E-state index is 5.75. The molecule has 23 heavy (non-hydrogen) atoms. The van der Waals surface area contributed by atoms with Crippen LogP contribution in [0.5, 0.6) is 17.2 Å². The summed E-state index contributed by atoms with van der Waals surface area (Å²) in [6, 6.07) is 2.38. The van der Waals surface area contributed by atoms with Gasteiger partial charge in [-0.1, -0.05) is 0 Å². The quantitative estimate of drug-likeness (QED) is 0.896. The molecule has 0 aliphatic carbocycles. The lowest BCUT2D eigenvalue weighted by atomic mass is 9.93. The summed E-state index contributed by atoms with van der Waals surface area (Å²) >= 11 is 0. The molecule has 2 aliphatic rings. The van der Waals surface area contributed by atoms with Gasteiger partial charge in [-0.05, 0) is 18.7 Å². The predicted octanol–water partition coefficient (Wildman–Crippen LogP) is 1.10. The molecule has 1 aromatic carbocycles. The first-order chi connectivity index (χ1) is 11.2. The van der Waals surface area contributed by atoms with Crippen molar-refractivity contribution in [1.29, 1.82) is 0 Å². The van der Waals surface area contributed by atoms with Crippen LogP contribution in [-0.4, -0.2) is 70.9 Å². The lowest BCUT2D eigenvalue weighted by Gasteiger charge is -2.41. The van der Waals surface area contributed by atoms with Crippen LogP contribution < -0.4 is 19.5 Å². The first kappa shape index (κ1) is 16.4. The minimum absolute atomic E-state index is 0.308. The van der Waals surface area contributed by atoms with E-state index in [0.717, 1.165) is 50.8 Å². The summed E-state index contributed by atoms with van der Waals surface area (Å²) in [5, 5.41) is 3.53. The molecule has 6 heteroatoms. The lowest BCUT2D eigenvalue weighted by Crippen LogP contribution is -2.49. The second-order valence-electron chi connectivity index (χ2n) is 6.20. The fourth-order valence-corrected chi connectivity index (χ4v) is 3.63. The van der Waals surface area contributed by atoms with Gasteiger partial charge in [0.1, 0.15) is 0 Å². The summed E-state index contributed by atoms with van der Waals surface area (Å²) in [5.74, 6) is 2.23. The molecule has 0 radical (unpaired) electrons. The summed E-state index contributed by atoms with van der Waals surface area (Å²) in [4.78, 5) is 4.92. The summed E-state index contributed by atoms with van der Waals surface area (Å²) in [6.45, 7) is 6.10. The monoisotopic (exact) mass is 321 g/mol. The molecule has 0 amide bonds. The van der Waals surface area contributed by atoms with Gasteiger partial charge in [-0.3, -0.25) is 4.90 Å². The minimum Gasteiger partial charge on any atom is -0.493 e. The van der Waals surface area contributed by atoms with Crippen molar-refractivity contribution in [3.05, 3.63) is 17.2 Å². The van der Waals surface area contributed by atoms with Gasteiger partial charge in [-0.25, -0.2) is 0 Å². The van der Waals surface area contributed by atoms with E-state index in [1.807, 2.05) is 0 Å². The first-order valence-corrected chi connectivity index (χ1v) is 8.14. The molecular formula is C17H27N3O3. The van der Waals surface area contributed by atoms with Gasteiger partial charge in [-0.15, -0.1) is 0 Å². The highest BCUT2D eigenvalue weighted by Crippen LogP contribution is 2.46. The molecule has 1 fully saturated rings. The van der Waals surface area contributed by atoms with Crippen molar-refractivity contribution < 1.29 is 14.2 Å². The molecule has 2 heterocycles. The zero-order chi connectivity index (χ0) is 16.4. The number of methoxy groups -OCH3 is 3. The topological polar surface area (TPSA) is 46.2 Å². The maximum absolute atomic E-state index is 5.75. The Morgan fingerprint density at radius 3 is 2.30 bits per heavy atom.